The van der Waals surface area contributed by atoms with Crippen LogP contribution in [0.3, 0.4) is 0 Å². The Kier molecular flexibility index (Phi) is 8.73. The molecule has 4 aliphatic rings. The molecule has 2 unspecified atom stereocenters. The highest BCUT2D eigenvalue weighted by Gasteiger charge is 2.68. The van der Waals surface area contributed by atoms with Gasteiger partial charge in [0.2, 0.25) is 0 Å². The quantitative estimate of drug-likeness (QED) is 0.157. The number of phenolic OH excluding ortho intramolecular Hbond substituents is 1. The number of Topliss-reactive ketones (excluding diaryl/α,β-unsaturated/α-hetero) is 1. The van der Waals surface area contributed by atoms with Crippen molar-refractivity contribution < 1.29 is 43.9 Å². The van der Waals surface area contributed by atoms with Gasteiger partial charge >= 0.3 is 5.97 Å². The second-order valence-corrected chi connectivity index (χ2v) is 14.8. The van der Waals surface area contributed by atoms with E-state index in [0.717, 1.165) is 11.9 Å². The zero-order valence-electron chi connectivity index (χ0n) is 28.5. The number of allylic oxidation sites excluding steroid dienone is 3. The van der Waals surface area contributed by atoms with E-state index in [-0.39, 0.29) is 34.6 Å². The van der Waals surface area contributed by atoms with Gasteiger partial charge in [-0.1, -0.05) is 36.0 Å². The molecule has 1 aromatic rings. The summed E-state index contributed by atoms with van der Waals surface area (Å²) in [6.45, 7) is 14.5. The molecular weight excluding hydrogens is 600 g/mol. The predicted octanol–water partition coefficient (Wildman–Crippen LogP) is 6.46. The highest BCUT2D eigenvalue weighted by Crippen LogP contribution is 2.61. The van der Waals surface area contributed by atoms with Crippen molar-refractivity contribution in [3.05, 3.63) is 69.9 Å². The maximum absolute atomic E-state index is 14.7. The second kappa shape index (κ2) is 11.9. The Labute approximate surface area is 276 Å². The first-order chi connectivity index (χ1) is 21.8. The zero-order valence-corrected chi connectivity index (χ0v) is 28.5. The van der Waals surface area contributed by atoms with Gasteiger partial charge in [0.25, 0.3) is 0 Å². The van der Waals surface area contributed by atoms with Crippen molar-refractivity contribution >= 4 is 24.1 Å². The van der Waals surface area contributed by atoms with E-state index >= 15 is 0 Å². The topological polar surface area (TPSA) is 140 Å². The van der Waals surface area contributed by atoms with E-state index in [0.29, 0.717) is 36.1 Å². The summed E-state index contributed by atoms with van der Waals surface area (Å²) in [7, 11) is 0. The van der Waals surface area contributed by atoms with Crippen molar-refractivity contribution in [2.75, 3.05) is 0 Å². The molecule has 1 saturated heterocycles. The molecule has 47 heavy (non-hydrogen) atoms. The smallest absolute Gasteiger partial charge is 0.330 e. The molecule has 3 heterocycles. The number of carboxylic acid groups (broad SMARTS) is 1. The van der Waals surface area contributed by atoms with Gasteiger partial charge < -0.3 is 34.3 Å². The molecule has 9 heteroatoms. The van der Waals surface area contributed by atoms with Crippen LogP contribution in [0, 0.1) is 11.8 Å². The van der Waals surface area contributed by atoms with Crippen molar-refractivity contribution in [2.45, 2.75) is 110 Å². The molecule has 3 aliphatic heterocycles. The standard InChI is InChI=1S/C38H46O9/c1-21(2)10-12-25-32-24(14-17-37(8,46-32)16-9-15-35(4,5)44)30(40)29-31(41)26-18-23(20-39)19-27-36(6,7)45-28(13-11-22(3)34(42)43)38(26,27)47-33(25)29/h9-11,14-15,17-18,20,23,27-28,40,44H,12-13,16,19H2,1-8H3,(H,42,43)/b15-9+,22-11-/t23?,27?,28-,37-,38-/m1/s1. The Morgan fingerprint density at radius 1 is 1.11 bits per heavy atom. The van der Waals surface area contributed by atoms with Crippen LogP contribution in [0.25, 0.3) is 6.08 Å². The van der Waals surface area contributed by atoms with E-state index in [2.05, 4.69) is 0 Å². The average molecular weight is 647 g/mol. The minimum absolute atomic E-state index is 0.00238. The molecule has 0 amide bonds. The first-order valence-electron chi connectivity index (χ1n) is 16.2. The van der Waals surface area contributed by atoms with Crippen molar-refractivity contribution in [3.63, 3.8) is 0 Å². The normalized spacial score (nSPS) is 29.1. The fourth-order valence-corrected chi connectivity index (χ4v) is 7.29. The highest BCUT2D eigenvalue weighted by atomic mass is 16.6. The molecule has 0 aromatic heterocycles. The van der Waals surface area contributed by atoms with Crippen LogP contribution in [-0.4, -0.2) is 61.9 Å². The maximum Gasteiger partial charge on any atom is 0.330 e. The van der Waals surface area contributed by atoms with Crippen LogP contribution in [0.1, 0.15) is 96.1 Å². The number of aliphatic carboxylic acids is 1. The molecule has 5 rings (SSSR count). The summed E-state index contributed by atoms with van der Waals surface area (Å²) in [6, 6.07) is 0. The van der Waals surface area contributed by atoms with Gasteiger partial charge in [-0.3, -0.25) is 4.79 Å². The number of carbonyl (C=O) groups excluding carboxylic acids is 2. The fourth-order valence-electron chi connectivity index (χ4n) is 7.29. The summed E-state index contributed by atoms with van der Waals surface area (Å²) in [6.07, 6.45) is 13.7. The predicted molar refractivity (Wildman–Crippen MR) is 178 cm³/mol. The number of ketones is 1. The van der Waals surface area contributed by atoms with E-state index in [1.807, 2.05) is 52.8 Å². The number of fused-ring (bicyclic) bond motifs is 2. The first-order valence-corrected chi connectivity index (χ1v) is 16.2. The van der Waals surface area contributed by atoms with Crippen LogP contribution in [0.2, 0.25) is 0 Å². The largest absolute Gasteiger partial charge is 0.506 e. The van der Waals surface area contributed by atoms with Gasteiger partial charge in [-0.25, -0.2) is 4.79 Å². The number of rotatable bonds is 9. The van der Waals surface area contributed by atoms with Crippen LogP contribution in [0.4, 0.5) is 0 Å². The zero-order chi connectivity index (χ0) is 34.7. The van der Waals surface area contributed by atoms with Crippen LogP contribution in [0.15, 0.2) is 53.2 Å². The number of hydrogen-bond donors (Lipinski definition) is 3. The molecule has 3 N–H and O–H groups in total. The van der Waals surface area contributed by atoms with Crippen molar-refractivity contribution in [1.82, 2.24) is 0 Å². The summed E-state index contributed by atoms with van der Waals surface area (Å²) in [5, 5.41) is 31.5. The number of hydrogen-bond acceptors (Lipinski definition) is 8. The maximum atomic E-state index is 14.7. The van der Waals surface area contributed by atoms with Gasteiger partial charge in [-0.15, -0.1) is 0 Å². The Morgan fingerprint density at radius 2 is 1.81 bits per heavy atom. The van der Waals surface area contributed by atoms with Gasteiger partial charge in [0, 0.05) is 35.0 Å². The van der Waals surface area contributed by atoms with E-state index in [4.69, 9.17) is 14.2 Å². The number of benzene rings is 1. The number of ether oxygens (including phenoxy) is 3. The minimum atomic E-state index is -1.36. The van der Waals surface area contributed by atoms with Gasteiger partial charge in [-0.2, -0.15) is 0 Å². The van der Waals surface area contributed by atoms with Crippen LogP contribution in [0.5, 0.6) is 17.2 Å². The van der Waals surface area contributed by atoms with Crippen LogP contribution < -0.4 is 9.47 Å². The highest BCUT2D eigenvalue weighted by molar-refractivity contribution is 6.16. The molecule has 1 spiro atoms. The van der Waals surface area contributed by atoms with Crippen molar-refractivity contribution in [3.8, 4) is 17.2 Å². The third-order valence-electron chi connectivity index (χ3n) is 9.70. The number of carbonyl (C=O) groups is 3. The number of carboxylic acids is 1. The third kappa shape index (κ3) is 6.11. The summed E-state index contributed by atoms with van der Waals surface area (Å²) >= 11 is 0. The van der Waals surface area contributed by atoms with E-state index in [9.17, 15) is 29.7 Å². The Hall–Kier alpha value is -3.95. The molecule has 5 atom stereocenters. The van der Waals surface area contributed by atoms with Crippen molar-refractivity contribution in [1.29, 1.82) is 0 Å². The van der Waals surface area contributed by atoms with Gasteiger partial charge in [0.1, 0.15) is 40.8 Å². The lowest BCUT2D eigenvalue weighted by Crippen LogP contribution is -2.58. The average Bonchev–Trinajstić information content (AvgIpc) is 3.19. The van der Waals surface area contributed by atoms with Gasteiger partial charge in [0.15, 0.2) is 11.4 Å². The summed E-state index contributed by atoms with van der Waals surface area (Å²) in [5.41, 5.74) is -1.66. The van der Waals surface area contributed by atoms with Gasteiger partial charge in [-0.05, 0) is 86.8 Å². The lowest BCUT2D eigenvalue weighted by molar-refractivity contribution is -0.132. The number of aldehydes is 1. The number of aliphatic hydroxyl groups is 1. The number of phenols is 1. The Bertz CT molecular complexity index is 1660. The van der Waals surface area contributed by atoms with Crippen molar-refractivity contribution in [2.24, 2.45) is 11.8 Å². The first kappa shape index (κ1) is 34.4. The van der Waals surface area contributed by atoms with Crippen LogP contribution >= 0.6 is 0 Å². The molecule has 0 radical (unpaired) electrons. The molecular formula is C38H46O9. The van der Waals surface area contributed by atoms with E-state index in [1.54, 1.807) is 38.2 Å². The molecule has 0 bridgehead atoms. The Morgan fingerprint density at radius 3 is 2.43 bits per heavy atom. The second-order valence-electron chi connectivity index (χ2n) is 14.8. The monoisotopic (exact) mass is 646 g/mol. The summed E-state index contributed by atoms with van der Waals surface area (Å²) in [5.74, 6) is -2.21. The summed E-state index contributed by atoms with van der Waals surface area (Å²) < 4.78 is 20.4. The lowest BCUT2D eigenvalue weighted by atomic mass is 9.62. The fraction of sp³-hybridized carbons (Fsp3) is 0.500. The molecule has 1 aliphatic carbocycles. The molecule has 1 aromatic carbocycles. The minimum Gasteiger partial charge on any atom is -0.506 e. The number of aromatic hydroxyl groups is 1. The van der Waals surface area contributed by atoms with E-state index < -0.39 is 52.1 Å². The van der Waals surface area contributed by atoms with Crippen LogP contribution in [-0.2, 0) is 20.7 Å². The summed E-state index contributed by atoms with van der Waals surface area (Å²) in [4.78, 5) is 38.6. The molecule has 0 saturated carbocycles. The Balaban J connectivity index is 1.74. The van der Waals surface area contributed by atoms with Gasteiger partial charge in [0.05, 0.1) is 16.8 Å². The van der Waals surface area contributed by atoms with E-state index in [1.165, 1.54) is 6.92 Å². The SMILES string of the molecule is CC(C)=CCc1c2c(c(O)c3c1O[C@]14C(=CC(C=O)CC1C(C)(C)O[C@@H]4C/C=C(/C)C(=O)O)C3=O)C=C[C@@](C)(C/C=C/C(C)(C)O)O2. The lowest BCUT2D eigenvalue weighted by Gasteiger charge is -2.48. The third-order valence-corrected chi connectivity index (χ3v) is 9.70. The molecule has 9 nitrogen and oxygen atoms in total. The molecule has 1 fully saturated rings. The molecule has 252 valence electrons.